The van der Waals surface area contributed by atoms with Crippen LogP contribution in [0.15, 0.2) is 72.0 Å². The Labute approximate surface area is 266 Å². The second-order valence-electron chi connectivity index (χ2n) is 10.4. The smallest absolute Gasteiger partial charge is 0.343 e. The number of carboxylic acid groups (broad SMARTS) is 1. The highest BCUT2D eigenvalue weighted by Gasteiger charge is 2.42. The molecule has 0 bridgehead atoms. The van der Waals surface area contributed by atoms with Gasteiger partial charge in [0, 0.05) is 12.0 Å². The molecule has 47 heavy (non-hydrogen) atoms. The van der Waals surface area contributed by atoms with E-state index in [0.29, 0.717) is 36.0 Å². The Morgan fingerprint density at radius 2 is 1.89 bits per heavy atom. The number of aromatic nitrogens is 6. The average Bonchev–Trinajstić information content (AvgIpc) is 3.83. The van der Waals surface area contributed by atoms with Crippen LogP contribution in [0.1, 0.15) is 29.3 Å². The number of carbonyl (C=O) groups is 2. The van der Waals surface area contributed by atoms with Gasteiger partial charge in [0.05, 0.1) is 40.8 Å². The van der Waals surface area contributed by atoms with Crippen molar-refractivity contribution in [3.05, 3.63) is 83.1 Å². The Morgan fingerprint density at radius 3 is 2.62 bits per heavy atom. The molecule has 2 unspecified atom stereocenters. The van der Waals surface area contributed by atoms with Crippen molar-refractivity contribution in [3.63, 3.8) is 0 Å². The summed E-state index contributed by atoms with van der Waals surface area (Å²) >= 11 is 0. The molecule has 1 saturated heterocycles. The lowest BCUT2D eigenvalue weighted by Gasteiger charge is -2.16. The standard InChI is InChI=1S/C30H29N9O8/c1-2-45-30-31-24-9-5-8-23(29(43)46-17-47-36-39(44)38-16-20(40)14-25(38)28(41)42)26(24)37(30)15-18-10-12-19(13-11-18)21-6-3-4-7-22(21)27-32-34-35-33-27/h3-13,20,25,40H,2,14-17H2,1H3,(H,41,42)(H,32,33,34,35)/b39-36-. The van der Waals surface area contributed by atoms with Gasteiger partial charge in [-0.2, -0.15) is 10.2 Å². The maximum Gasteiger partial charge on any atom is 0.343 e. The monoisotopic (exact) mass is 643 g/mol. The van der Waals surface area contributed by atoms with E-state index in [-0.39, 0.29) is 23.5 Å². The van der Waals surface area contributed by atoms with E-state index >= 15 is 0 Å². The molecule has 1 aliphatic rings. The Balaban J connectivity index is 1.20. The summed E-state index contributed by atoms with van der Waals surface area (Å²) in [5.74, 6) is -1.58. The van der Waals surface area contributed by atoms with Crippen molar-refractivity contribution in [1.29, 1.82) is 0 Å². The van der Waals surface area contributed by atoms with Crippen LogP contribution in [0, 0.1) is 5.21 Å². The number of tetrazole rings is 1. The summed E-state index contributed by atoms with van der Waals surface area (Å²) in [6, 6.07) is 19.6. The zero-order valence-electron chi connectivity index (χ0n) is 25.0. The first-order chi connectivity index (χ1) is 22.8. The lowest BCUT2D eigenvalue weighted by atomic mass is 9.98. The van der Waals surface area contributed by atoms with Crippen molar-refractivity contribution >= 4 is 23.0 Å². The molecule has 0 radical (unpaired) electrons. The number of imidazole rings is 1. The largest absolute Gasteiger partial charge is 0.569 e. The third kappa shape index (κ3) is 6.50. The molecular weight excluding hydrogens is 614 g/mol. The van der Waals surface area contributed by atoms with Crippen molar-refractivity contribution in [1.82, 2.24) is 35.2 Å². The summed E-state index contributed by atoms with van der Waals surface area (Å²) in [6.45, 7) is 1.51. The molecule has 1 fully saturated rings. The Kier molecular flexibility index (Phi) is 8.87. The number of aliphatic carboxylic acids is 1. The third-order valence-electron chi connectivity index (χ3n) is 7.47. The van der Waals surface area contributed by atoms with Crippen LogP contribution in [0.25, 0.3) is 33.5 Å². The van der Waals surface area contributed by atoms with Crippen LogP contribution >= 0.6 is 0 Å². The van der Waals surface area contributed by atoms with E-state index in [1.54, 1.807) is 22.8 Å². The van der Waals surface area contributed by atoms with Gasteiger partial charge >= 0.3 is 11.9 Å². The predicted molar refractivity (Wildman–Crippen MR) is 161 cm³/mol. The first-order valence-corrected chi connectivity index (χ1v) is 14.5. The summed E-state index contributed by atoms with van der Waals surface area (Å²) in [4.78, 5) is 33.9. The molecule has 2 aromatic heterocycles. The van der Waals surface area contributed by atoms with Crippen LogP contribution in [0.4, 0.5) is 0 Å². The maximum atomic E-state index is 13.2. The molecule has 17 nitrogen and oxygen atoms in total. The highest BCUT2D eigenvalue weighted by Crippen LogP contribution is 2.31. The van der Waals surface area contributed by atoms with Gasteiger partial charge in [0.25, 0.3) is 12.8 Å². The van der Waals surface area contributed by atoms with Crippen LogP contribution in [0.2, 0.25) is 0 Å². The van der Waals surface area contributed by atoms with Gasteiger partial charge in [-0.25, -0.2) is 9.59 Å². The topological polar surface area (TPSA) is 216 Å². The highest BCUT2D eigenvalue weighted by molar-refractivity contribution is 6.02. The van der Waals surface area contributed by atoms with Crippen LogP contribution in [0.3, 0.4) is 0 Å². The number of rotatable bonds is 12. The quantitative estimate of drug-likeness (QED) is 0.0446. The number of carbonyl (C=O) groups excluding carboxylic acids is 1. The summed E-state index contributed by atoms with van der Waals surface area (Å²) in [7, 11) is 0. The van der Waals surface area contributed by atoms with E-state index in [2.05, 4.69) is 30.9 Å². The molecule has 0 amide bonds. The number of nitrogens with zero attached hydrogens (tertiary/aromatic N) is 8. The third-order valence-corrected chi connectivity index (χ3v) is 7.47. The molecule has 5 aromatic rings. The number of β-amino-alcohol motifs (C(OH)–C–C–N with tert-alkyl or cyclic N) is 1. The van der Waals surface area contributed by atoms with Gasteiger partial charge in [-0.15, -0.1) is 15.2 Å². The van der Waals surface area contributed by atoms with Gasteiger partial charge in [0.15, 0.2) is 6.04 Å². The molecule has 0 saturated carbocycles. The van der Waals surface area contributed by atoms with Gasteiger partial charge in [0.1, 0.15) is 6.54 Å². The molecule has 1 aliphatic heterocycles. The van der Waals surface area contributed by atoms with E-state index in [4.69, 9.17) is 14.3 Å². The molecule has 2 atom stereocenters. The number of esters is 1. The van der Waals surface area contributed by atoms with Crippen molar-refractivity contribution in [3.8, 4) is 28.5 Å². The normalized spacial score (nSPS) is 16.4. The van der Waals surface area contributed by atoms with Gasteiger partial charge in [0.2, 0.25) is 11.1 Å². The molecular formula is C30H29N9O8. The van der Waals surface area contributed by atoms with Crippen molar-refractivity contribution in [2.45, 2.75) is 32.0 Å². The van der Waals surface area contributed by atoms with Crippen molar-refractivity contribution in [2.24, 2.45) is 5.28 Å². The number of aromatic amines is 1. The minimum atomic E-state index is -1.29. The number of ether oxygens (including phenoxy) is 2. The lowest BCUT2D eigenvalue weighted by Crippen LogP contribution is -2.40. The van der Waals surface area contributed by atoms with E-state index in [9.17, 15) is 25.0 Å². The number of aliphatic hydroxyl groups excluding tert-OH is 1. The Bertz CT molecular complexity index is 1910. The summed E-state index contributed by atoms with van der Waals surface area (Å²) in [5.41, 5.74) is 4.74. The van der Waals surface area contributed by atoms with Gasteiger partial charge in [-0.05, 0) is 41.0 Å². The average molecular weight is 644 g/mol. The lowest BCUT2D eigenvalue weighted by molar-refractivity contribution is -0.713. The fourth-order valence-corrected chi connectivity index (χ4v) is 5.38. The first kappa shape index (κ1) is 30.9. The number of hydrogen-bond donors (Lipinski definition) is 3. The van der Waals surface area contributed by atoms with Gasteiger partial charge < -0.3 is 29.7 Å². The fourth-order valence-electron chi connectivity index (χ4n) is 5.38. The zero-order valence-corrected chi connectivity index (χ0v) is 25.0. The molecule has 0 spiro atoms. The number of fused-ring (bicyclic) bond motifs is 1. The van der Waals surface area contributed by atoms with Crippen LogP contribution < -0.4 is 4.74 Å². The number of para-hydroxylation sites is 1. The number of aliphatic hydroxyl groups is 1. The second-order valence-corrected chi connectivity index (χ2v) is 10.4. The molecule has 3 aromatic carbocycles. The molecule has 17 heteroatoms. The summed E-state index contributed by atoms with van der Waals surface area (Å²) < 4.78 is 12.8. The molecule has 242 valence electrons. The van der Waals surface area contributed by atoms with Crippen molar-refractivity contribution < 1.29 is 39.1 Å². The highest BCUT2D eigenvalue weighted by atomic mass is 16.8. The second kappa shape index (κ2) is 13.5. The minimum absolute atomic E-state index is 0.0812. The maximum absolute atomic E-state index is 13.2. The predicted octanol–water partition coefficient (Wildman–Crippen LogP) is 2.77. The number of carboxylic acids is 1. The SMILES string of the molecule is CCOc1nc2cccc(C(=O)OCO/N=[N+](\[O-])N3CC(O)CC3C(=O)O)c2n1Cc1ccc(-c2ccccc2-c2nn[nH]n2)cc1. The summed E-state index contributed by atoms with van der Waals surface area (Å²) in [5, 5.41) is 49.7. The van der Waals surface area contributed by atoms with E-state index in [1.165, 1.54) is 0 Å². The molecule has 0 aliphatic carbocycles. The number of hydrogen-bond acceptors (Lipinski definition) is 12. The van der Waals surface area contributed by atoms with E-state index in [1.807, 2.05) is 55.5 Å². The number of nitrogens with one attached hydrogen (secondary N) is 1. The fraction of sp³-hybridized carbons (Fsp3) is 0.267. The molecule has 3 N–H and O–H groups in total. The minimum Gasteiger partial charge on any atom is -0.569 e. The first-order valence-electron chi connectivity index (χ1n) is 14.5. The molecule has 6 rings (SSSR count). The zero-order chi connectivity index (χ0) is 32.9. The van der Waals surface area contributed by atoms with Crippen LogP contribution in [0.5, 0.6) is 6.01 Å². The number of H-pyrrole nitrogens is 1. The summed E-state index contributed by atoms with van der Waals surface area (Å²) in [6.07, 6.45) is -1.15. The van der Waals surface area contributed by atoms with Gasteiger partial charge in [-0.1, -0.05) is 54.6 Å². The van der Waals surface area contributed by atoms with E-state index in [0.717, 1.165) is 27.3 Å². The number of benzene rings is 3. The Morgan fingerprint density at radius 1 is 1.11 bits per heavy atom. The van der Waals surface area contributed by atoms with Crippen molar-refractivity contribution in [2.75, 3.05) is 19.9 Å². The molecule has 3 heterocycles. The van der Waals surface area contributed by atoms with E-state index < -0.39 is 30.9 Å². The van der Waals surface area contributed by atoms with Crippen LogP contribution in [-0.4, -0.2) is 94.4 Å². The van der Waals surface area contributed by atoms with Gasteiger partial charge in [-0.3, -0.25) is 4.57 Å². The van der Waals surface area contributed by atoms with Crippen LogP contribution in [-0.2, 0) is 20.9 Å². The Hall–Kier alpha value is -6.10. The number of hydrazine groups is 1.